The van der Waals surface area contributed by atoms with E-state index in [1.807, 2.05) is 0 Å². The van der Waals surface area contributed by atoms with E-state index < -0.39 is 24.8 Å². The van der Waals surface area contributed by atoms with Crippen LogP contribution in [0.4, 0.5) is 8.78 Å². The Morgan fingerprint density at radius 2 is 2.08 bits per heavy atom. The summed E-state index contributed by atoms with van der Waals surface area (Å²) < 4.78 is 23.6. The highest BCUT2D eigenvalue weighted by molar-refractivity contribution is 6.15. The highest BCUT2D eigenvalue weighted by atomic mass is 19.3. The molecule has 1 aliphatic heterocycles. The SMILES string of the molecule is CC1=CC(=O)N(CC(F)F)C1=O. The van der Waals surface area contributed by atoms with Gasteiger partial charge in [-0.3, -0.25) is 14.5 Å². The lowest BCUT2D eigenvalue weighted by molar-refractivity contribution is -0.139. The van der Waals surface area contributed by atoms with Gasteiger partial charge in [0.2, 0.25) is 0 Å². The van der Waals surface area contributed by atoms with Crippen LogP contribution in [0.15, 0.2) is 11.6 Å². The molecule has 1 aliphatic rings. The Morgan fingerprint density at radius 1 is 1.50 bits per heavy atom. The number of amides is 2. The normalized spacial score (nSPS) is 17.7. The molecule has 0 fully saturated rings. The van der Waals surface area contributed by atoms with Crippen LogP contribution in [0, 0.1) is 0 Å². The number of carbonyl (C=O) groups excluding carboxylic acids is 2. The second-order valence-electron chi connectivity index (χ2n) is 2.47. The first-order valence-electron chi connectivity index (χ1n) is 3.34. The topological polar surface area (TPSA) is 37.4 Å². The van der Waals surface area contributed by atoms with Gasteiger partial charge in [0.05, 0.1) is 6.54 Å². The fourth-order valence-electron chi connectivity index (χ4n) is 0.949. The van der Waals surface area contributed by atoms with Crippen molar-refractivity contribution in [2.75, 3.05) is 6.54 Å². The summed E-state index contributed by atoms with van der Waals surface area (Å²) in [5.74, 6) is -1.28. The molecule has 2 amide bonds. The third kappa shape index (κ3) is 1.49. The fraction of sp³-hybridized carbons (Fsp3) is 0.429. The zero-order chi connectivity index (χ0) is 9.30. The molecule has 1 heterocycles. The van der Waals surface area contributed by atoms with Gasteiger partial charge in [-0.2, -0.15) is 0 Å². The molecule has 0 aromatic heterocycles. The number of carbonyl (C=O) groups is 2. The molecule has 0 atom stereocenters. The lowest BCUT2D eigenvalue weighted by Gasteiger charge is -2.12. The van der Waals surface area contributed by atoms with Crippen LogP contribution in [-0.2, 0) is 9.59 Å². The zero-order valence-electron chi connectivity index (χ0n) is 6.38. The summed E-state index contributed by atoms with van der Waals surface area (Å²) in [6.45, 7) is 0.608. The number of nitrogens with zero attached hydrogens (tertiary/aromatic N) is 1. The van der Waals surface area contributed by atoms with Crippen molar-refractivity contribution < 1.29 is 18.4 Å². The largest absolute Gasteiger partial charge is 0.269 e. The van der Waals surface area contributed by atoms with Crippen molar-refractivity contribution in [2.45, 2.75) is 13.3 Å². The summed E-state index contributed by atoms with van der Waals surface area (Å²) in [5.41, 5.74) is 0.209. The summed E-state index contributed by atoms with van der Waals surface area (Å²) in [6.07, 6.45) is -1.61. The maximum Gasteiger partial charge on any atom is 0.256 e. The molecular weight excluding hydrogens is 168 g/mol. The van der Waals surface area contributed by atoms with E-state index in [0.29, 0.717) is 4.90 Å². The zero-order valence-corrected chi connectivity index (χ0v) is 6.38. The molecule has 0 N–H and O–H groups in total. The molecule has 0 aromatic rings. The molecule has 66 valence electrons. The molecular formula is C7H7F2NO2. The number of imide groups is 1. The molecule has 12 heavy (non-hydrogen) atoms. The van der Waals surface area contributed by atoms with E-state index >= 15 is 0 Å². The maximum atomic E-state index is 11.8. The molecule has 0 saturated carbocycles. The molecule has 0 aromatic carbocycles. The van der Waals surface area contributed by atoms with Crippen LogP contribution in [0.3, 0.4) is 0 Å². The Bertz CT molecular complexity index is 260. The second kappa shape index (κ2) is 3.00. The molecule has 0 unspecified atom stereocenters. The van der Waals surface area contributed by atoms with Crippen LogP contribution in [0.5, 0.6) is 0 Å². The fourth-order valence-corrected chi connectivity index (χ4v) is 0.949. The van der Waals surface area contributed by atoms with E-state index in [9.17, 15) is 18.4 Å². The summed E-state index contributed by atoms with van der Waals surface area (Å²) in [6, 6.07) is 0. The van der Waals surface area contributed by atoms with Crippen LogP contribution in [0.2, 0.25) is 0 Å². The summed E-state index contributed by atoms with van der Waals surface area (Å²) >= 11 is 0. The lowest BCUT2D eigenvalue weighted by atomic mass is 10.3. The van der Waals surface area contributed by atoms with E-state index in [0.717, 1.165) is 6.08 Å². The third-order valence-corrected chi connectivity index (χ3v) is 1.51. The van der Waals surface area contributed by atoms with Crippen LogP contribution in [0.1, 0.15) is 6.92 Å². The van der Waals surface area contributed by atoms with E-state index in [4.69, 9.17) is 0 Å². The number of hydrogen-bond donors (Lipinski definition) is 0. The van der Waals surface area contributed by atoms with Crippen molar-refractivity contribution in [1.82, 2.24) is 4.90 Å². The Labute approximate surface area is 67.6 Å². The number of hydrogen-bond acceptors (Lipinski definition) is 2. The quantitative estimate of drug-likeness (QED) is 0.575. The van der Waals surface area contributed by atoms with E-state index in [1.54, 1.807) is 0 Å². The minimum Gasteiger partial charge on any atom is -0.269 e. The average Bonchev–Trinajstić information content (AvgIpc) is 2.16. The maximum absolute atomic E-state index is 11.8. The lowest BCUT2D eigenvalue weighted by Crippen LogP contribution is -2.34. The first kappa shape index (κ1) is 8.83. The molecule has 5 heteroatoms. The predicted octanol–water partition coefficient (Wildman–Crippen LogP) is 0.567. The minimum absolute atomic E-state index is 0.209. The first-order valence-corrected chi connectivity index (χ1v) is 3.34. The first-order chi connectivity index (χ1) is 5.52. The van der Waals surface area contributed by atoms with Gasteiger partial charge in [-0.05, 0) is 6.92 Å². The van der Waals surface area contributed by atoms with Crippen LogP contribution >= 0.6 is 0 Å². The van der Waals surface area contributed by atoms with Gasteiger partial charge >= 0.3 is 0 Å². The molecule has 0 spiro atoms. The Hall–Kier alpha value is -1.26. The Kier molecular flexibility index (Phi) is 2.21. The standard InChI is InChI=1S/C7H7F2NO2/c1-4-2-6(11)10(7(4)12)3-5(8)9/h2,5H,3H2,1H3. The van der Waals surface area contributed by atoms with Crippen molar-refractivity contribution in [3.05, 3.63) is 11.6 Å². The number of rotatable bonds is 2. The van der Waals surface area contributed by atoms with Gasteiger partial charge in [0, 0.05) is 11.6 Å². The third-order valence-electron chi connectivity index (χ3n) is 1.51. The molecule has 0 radical (unpaired) electrons. The number of alkyl halides is 2. The van der Waals surface area contributed by atoms with Crippen molar-refractivity contribution in [3.8, 4) is 0 Å². The highest BCUT2D eigenvalue weighted by Gasteiger charge is 2.30. The Balaban J connectivity index is 2.70. The van der Waals surface area contributed by atoms with Crippen molar-refractivity contribution in [1.29, 1.82) is 0 Å². The molecule has 3 nitrogen and oxygen atoms in total. The van der Waals surface area contributed by atoms with Crippen LogP contribution in [-0.4, -0.2) is 29.7 Å². The van der Waals surface area contributed by atoms with Crippen LogP contribution in [0.25, 0.3) is 0 Å². The molecule has 0 saturated heterocycles. The van der Waals surface area contributed by atoms with Gasteiger partial charge < -0.3 is 0 Å². The summed E-state index contributed by atoms with van der Waals surface area (Å²) in [5, 5.41) is 0. The van der Waals surface area contributed by atoms with Crippen molar-refractivity contribution >= 4 is 11.8 Å². The van der Waals surface area contributed by atoms with E-state index in [2.05, 4.69) is 0 Å². The second-order valence-corrected chi connectivity index (χ2v) is 2.47. The van der Waals surface area contributed by atoms with Gasteiger partial charge in [-0.1, -0.05) is 0 Å². The van der Waals surface area contributed by atoms with Gasteiger partial charge in [0.15, 0.2) is 0 Å². The van der Waals surface area contributed by atoms with E-state index in [-0.39, 0.29) is 5.57 Å². The predicted molar refractivity (Wildman–Crippen MR) is 36.5 cm³/mol. The van der Waals surface area contributed by atoms with Gasteiger partial charge in [-0.15, -0.1) is 0 Å². The molecule has 1 rings (SSSR count). The summed E-state index contributed by atoms with van der Waals surface area (Å²) in [7, 11) is 0. The number of halogens is 2. The van der Waals surface area contributed by atoms with Gasteiger partial charge in [0.1, 0.15) is 0 Å². The average molecular weight is 175 g/mol. The smallest absolute Gasteiger partial charge is 0.256 e. The van der Waals surface area contributed by atoms with Crippen molar-refractivity contribution in [3.63, 3.8) is 0 Å². The van der Waals surface area contributed by atoms with E-state index in [1.165, 1.54) is 6.92 Å². The van der Waals surface area contributed by atoms with Crippen LogP contribution < -0.4 is 0 Å². The minimum atomic E-state index is -2.67. The summed E-state index contributed by atoms with van der Waals surface area (Å²) in [4.78, 5) is 22.3. The monoisotopic (exact) mass is 175 g/mol. The Morgan fingerprint density at radius 3 is 2.42 bits per heavy atom. The van der Waals surface area contributed by atoms with Gasteiger partial charge in [-0.25, -0.2) is 8.78 Å². The highest BCUT2D eigenvalue weighted by Crippen LogP contribution is 2.12. The molecule has 0 aliphatic carbocycles. The van der Waals surface area contributed by atoms with Gasteiger partial charge in [0.25, 0.3) is 18.2 Å². The molecule has 0 bridgehead atoms. The van der Waals surface area contributed by atoms with Crippen molar-refractivity contribution in [2.24, 2.45) is 0 Å².